The fourth-order valence-corrected chi connectivity index (χ4v) is 5.51. The van der Waals surface area contributed by atoms with E-state index in [1.807, 2.05) is 31.2 Å². The van der Waals surface area contributed by atoms with E-state index in [4.69, 9.17) is 14.2 Å². The molecule has 174 valence electrons. The van der Waals surface area contributed by atoms with E-state index in [2.05, 4.69) is 5.32 Å². The summed E-state index contributed by atoms with van der Waals surface area (Å²) in [4.78, 5) is 13.1. The maximum Gasteiger partial charge on any atom is 0.243 e. The number of hydrogen-bond donors (Lipinski definition) is 1. The standard InChI is InChI=1S/C23H30N2O6S/c1-23(22(26)24-15-17-7-5-8-18(13-17)29-2)11-6-12-25(16-23)32(27,28)19-9-10-20(30-3)21(14-19)31-4/h5,7-10,13-14H,6,11-12,15-16H2,1-4H3,(H,24,26)/t23-/m0/s1. The van der Waals surface area contributed by atoms with Gasteiger partial charge < -0.3 is 19.5 Å². The van der Waals surface area contributed by atoms with Gasteiger partial charge in [0.1, 0.15) is 5.75 Å². The number of nitrogens with zero attached hydrogens (tertiary/aromatic N) is 1. The Balaban J connectivity index is 1.74. The topological polar surface area (TPSA) is 94.2 Å². The molecule has 0 bridgehead atoms. The molecular formula is C23H30N2O6S. The summed E-state index contributed by atoms with van der Waals surface area (Å²) < 4.78 is 43.6. The van der Waals surface area contributed by atoms with Crippen LogP contribution in [0.2, 0.25) is 0 Å². The normalized spacial score (nSPS) is 19.2. The summed E-state index contributed by atoms with van der Waals surface area (Å²) >= 11 is 0. The van der Waals surface area contributed by atoms with E-state index < -0.39 is 15.4 Å². The second-order valence-electron chi connectivity index (χ2n) is 8.05. The van der Waals surface area contributed by atoms with Gasteiger partial charge in [-0.3, -0.25) is 4.79 Å². The summed E-state index contributed by atoms with van der Waals surface area (Å²) in [7, 11) is 0.742. The summed E-state index contributed by atoms with van der Waals surface area (Å²) in [6.07, 6.45) is 1.20. The molecule has 0 unspecified atom stereocenters. The van der Waals surface area contributed by atoms with Crippen molar-refractivity contribution in [3.63, 3.8) is 0 Å². The average Bonchev–Trinajstić information content (AvgIpc) is 2.82. The number of benzene rings is 2. The third kappa shape index (κ3) is 4.99. The van der Waals surface area contributed by atoms with Gasteiger partial charge in [0, 0.05) is 25.7 Å². The van der Waals surface area contributed by atoms with E-state index in [0.29, 0.717) is 43.2 Å². The molecule has 1 saturated heterocycles. The largest absolute Gasteiger partial charge is 0.497 e. The van der Waals surface area contributed by atoms with Gasteiger partial charge in [-0.15, -0.1) is 0 Å². The van der Waals surface area contributed by atoms with Crippen molar-refractivity contribution in [3.8, 4) is 17.2 Å². The Labute approximate surface area is 189 Å². The number of piperidine rings is 1. The van der Waals surface area contributed by atoms with Gasteiger partial charge in [0.05, 0.1) is 31.6 Å². The van der Waals surface area contributed by atoms with E-state index >= 15 is 0 Å². The van der Waals surface area contributed by atoms with Crippen LogP contribution in [0.15, 0.2) is 47.4 Å². The maximum absolute atomic E-state index is 13.3. The number of rotatable bonds is 8. The number of hydrogen-bond acceptors (Lipinski definition) is 6. The summed E-state index contributed by atoms with van der Waals surface area (Å²) in [6.45, 7) is 2.61. The quantitative estimate of drug-likeness (QED) is 0.648. The molecule has 2 aromatic carbocycles. The molecule has 0 aromatic heterocycles. The Morgan fingerprint density at radius 3 is 2.50 bits per heavy atom. The molecule has 0 radical (unpaired) electrons. The molecule has 0 aliphatic carbocycles. The summed E-state index contributed by atoms with van der Waals surface area (Å²) in [5.74, 6) is 1.33. The number of nitrogens with one attached hydrogen (secondary N) is 1. The van der Waals surface area contributed by atoms with E-state index in [0.717, 1.165) is 5.56 Å². The van der Waals surface area contributed by atoms with Crippen LogP contribution < -0.4 is 19.5 Å². The molecule has 8 nitrogen and oxygen atoms in total. The van der Waals surface area contributed by atoms with Crippen LogP contribution in [0.5, 0.6) is 17.2 Å². The number of carbonyl (C=O) groups excluding carboxylic acids is 1. The van der Waals surface area contributed by atoms with Crippen LogP contribution in [-0.2, 0) is 21.4 Å². The predicted octanol–water partition coefficient (Wildman–Crippen LogP) is 2.82. The molecule has 2 aromatic rings. The zero-order valence-electron chi connectivity index (χ0n) is 18.9. The Bertz CT molecular complexity index is 1070. The number of methoxy groups -OCH3 is 3. The van der Waals surface area contributed by atoms with Crippen LogP contribution >= 0.6 is 0 Å². The van der Waals surface area contributed by atoms with Crippen LogP contribution in [0.1, 0.15) is 25.3 Å². The molecular weight excluding hydrogens is 432 g/mol. The average molecular weight is 463 g/mol. The van der Waals surface area contributed by atoms with E-state index in [-0.39, 0.29) is 17.3 Å². The SMILES string of the molecule is COc1cccc(CNC(=O)[C@@]2(C)CCCN(S(=O)(=O)c3ccc(OC)c(OC)c3)C2)c1. The first-order valence-corrected chi connectivity index (χ1v) is 11.8. The Morgan fingerprint density at radius 1 is 1.06 bits per heavy atom. The smallest absolute Gasteiger partial charge is 0.243 e. The third-order valence-electron chi connectivity index (χ3n) is 5.79. The second kappa shape index (κ2) is 9.79. The lowest BCUT2D eigenvalue weighted by Gasteiger charge is -2.38. The first-order valence-electron chi connectivity index (χ1n) is 10.4. The first kappa shape index (κ1) is 23.9. The zero-order valence-corrected chi connectivity index (χ0v) is 19.7. The highest BCUT2D eigenvalue weighted by molar-refractivity contribution is 7.89. The first-order chi connectivity index (χ1) is 15.2. The molecule has 1 amide bonds. The molecule has 1 aliphatic heterocycles. The van der Waals surface area contributed by atoms with Crippen molar-refractivity contribution in [3.05, 3.63) is 48.0 Å². The Morgan fingerprint density at radius 2 is 1.81 bits per heavy atom. The zero-order chi connectivity index (χ0) is 23.4. The van der Waals surface area contributed by atoms with Gasteiger partial charge in [-0.25, -0.2) is 8.42 Å². The molecule has 0 saturated carbocycles. The van der Waals surface area contributed by atoms with Crippen molar-refractivity contribution in [2.45, 2.75) is 31.2 Å². The Kier molecular flexibility index (Phi) is 7.30. The summed E-state index contributed by atoms with van der Waals surface area (Å²) in [6, 6.07) is 12.0. The lowest BCUT2D eigenvalue weighted by molar-refractivity contribution is -0.132. The van der Waals surface area contributed by atoms with Gasteiger partial charge in [-0.05, 0) is 49.6 Å². The Hall–Kier alpha value is -2.78. The van der Waals surface area contributed by atoms with Crippen LogP contribution in [-0.4, -0.2) is 53.0 Å². The summed E-state index contributed by atoms with van der Waals surface area (Å²) in [5, 5.41) is 2.95. The molecule has 32 heavy (non-hydrogen) atoms. The van der Waals surface area contributed by atoms with Crippen LogP contribution in [0.25, 0.3) is 0 Å². The second-order valence-corrected chi connectivity index (χ2v) is 9.99. The van der Waals surface area contributed by atoms with E-state index in [9.17, 15) is 13.2 Å². The highest BCUT2D eigenvalue weighted by atomic mass is 32.2. The van der Waals surface area contributed by atoms with Crippen LogP contribution in [0, 0.1) is 5.41 Å². The molecule has 1 N–H and O–H groups in total. The number of carbonyl (C=O) groups is 1. The minimum Gasteiger partial charge on any atom is -0.497 e. The minimum atomic E-state index is -3.80. The number of amides is 1. The molecule has 1 atom stereocenters. The molecule has 9 heteroatoms. The highest BCUT2D eigenvalue weighted by Crippen LogP contribution is 2.35. The summed E-state index contributed by atoms with van der Waals surface area (Å²) in [5.41, 5.74) is 0.0766. The van der Waals surface area contributed by atoms with Crippen molar-refractivity contribution < 1.29 is 27.4 Å². The van der Waals surface area contributed by atoms with Gasteiger partial charge in [-0.1, -0.05) is 12.1 Å². The van der Waals surface area contributed by atoms with Gasteiger partial charge in [0.15, 0.2) is 11.5 Å². The molecule has 3 rings (SSSR count). The van der Waals surface area contributed by atoms with Crippen molar-refractivity contribution in [2.24, 2.45) is 5.41 Å². The number of sulfonamides is 1. The fraction of sp³-hybridized carbons (Fsp3) is 0.435. The number of ether oxygens (including phenoxy) is 3. The molecule has 1 aliphatic rings. The molecule has 1 heterocycles. The monoisotopic (exact) mass is 462 g/mol. The van der Waals surface area contributed by atoms with Crippen molar-refractivity contribution >= 4 is 15.9 Å². The maximum atomic E-state index is 13.3. The fourth-order valence-electron chi connectivity index (χ4n) is 3.89. The minimum absolute atomic E-state index is 0.105. The van der Waals surface area contributed by atoms with Crippen LogP contribution in [0.4, 0.5) is 0 Å². The van der Waals surface area contributed by atoms with Gasteiger partial charge in [-0.2, -0.15) is 4.31 Å². The van der Waals surface area contributed by atoms with Crippen molar-refractivity contribution in [1.82, 2.24) is 9.62 Å². The predicted molar refractivity (Wildman–Crippen MR) is 120 cm³/mol. The van der Waals surface area contributed by atoms with Gasteiger partial charge in [0.25, 0.3) is 0 Å². The lowest BCUT2D eigenvalue weighted by atomic mass is 9.82. The highest BCUT2D eigenvalue weighted by Gasteiger charge is 2.42. The van der Waals surface area contributed by atoms with E-state index in [1.165, 1.54) is 30.7 Å². The molecule has 0 spiro atoms. The van der Waals surface area contributed by atoms with Crippen molar-refractivity contribution in [2.75, 3.05) is 34.4 Å². The molecule has 1 fully saturated rings. The van der Waals surface area contributed by atoms with Gasteiger partial charge in [0.2, 0.25) is 15.9 Å². The van der Waals surface area contributed by atoms with E-state index in [1.54, 1.807) is 13.2 Å². The van der Waals surface area contributed by atoms with Crippen molar-refractivity contribution in [1.29, 1.82) is 0 Å². The van der Waals surface area contributed by atoms with Crippen LogP contribution in [0.3, 0.4) is 0 Å². The third-order valence-corrected chi connectivity index (χ3v) is 7.63. The lowest BCUT2D eigenvalue weighted by Crippen LogP contribution is -2.51. The van der Waals surface area contributed by atoms with Gasteiger partial charge >= 0.3 is 0 Å².